The Morgan fingerprint density at radius 3 is 2.37 bits per heavy atom. The molecule has 0 spiro atoms. The highest BCUT2D eigenvalue weighted by Gasteiger charge is 2.14. The van der Waals surface area contributed by atoms with Crippen molar-refractivity contribution in [1.29, 1.82) is 5.26 Å². The molecule has 0 fully saturated rings. The van der Waals surface area contributed by atoms with Crippen molar-refractivity contribution < 1.29 is 17.9 Å². The molecule has 158 valence electrons. The number of nitriles is 1. The Kier molecular flexibility index (Phi) is 8.59. The topological polar surface area (TPSA) is 99.5 Å². The van der Waals surface area contributed by atoms with Gasteiger partial charge in [0.1, 0.15) is 5.75 Å². The molecule has 0 aliphatic heterocycles. The average molecular weight is 428 g/mol. The smallest absolute Gasteiger partial charge is 0.251 e. The molecule has 0 saturated heterocycles. The van der Waals surface area contributed by atoms with Crippen LogP contribution in [0.15, 0.2) is 59.5 Å². The molecule has 0 atom stereocenters. The first kappa shape index (κ1) is 23.1. The zero-order valence-electron chi connectivity index (χ0n) is 17.0. The monoisotopic (exact) mass is 427 g/mol. The van der Waals surface area contributed by atoms with E-state index in [-0.39, 0.29) is 23.8 Å². The molecular weight excluding hydrogens is 402 g/mol. The van der Waals surface area contributed by atoms with Crippen LogP contribution in [0.2, 0.25) is 0 Å². The first-order valence-electron chi connectivity index (χ1n) is 9.60. The van der Waals surface area contributed by atoms with Gasteiger partial charge in [0, 0.05) is 24.9 Å². The molecule has 1 amide bonds. The number of sulfonamides is 1. The van der Waals surface area contributed by atoms with Gasteiger partial charge in [-0.05, 0) is 55.0 Å². The largest absolute Gasteiger partial charge is 0.494 e. The molecular formula is C22H25N3O4S. The van der Waals surface area contributed by atoms with Crippen LogP contribution in [0, 0.1) is 11.3 Å². The summed E-state index contributed by atoms with van der Waals surface area (Å²) in [4.78, 5) is 14.4. The second kappa shape index (κ2) is 11.1. The van der Waals surface area contributed by atoms with Gasteiger partial charge in [0.25, 0.3) is 5.91 Å². The first-order valence-corrected chi connectivity index (χ1v) is 11.1. The SMILES string of the molecule is CCNS(=O)(=O)c1ccc(/C=C/C(=O)N(CCC#N)c2ccc(OCC)cc2)cc1. The summed E-state index contributed by atoms with van der Waals surface area (Å²) in [6, 6.07) is 15.4. The number of rotatable bonds is 10. The summed E-state index contributed by atoms with van der Waals surface area (Å²) in [5.74, 6) is 0.427. The Morgan fingerprint density at radius 1 is 1.13 bits per heavy atom. The first-order chi connectivity index (χ1) is 14.4. The van der Waals surface area contributed by atoms with Gasteiger partial charge in [-0.1, -0.05) is 19.1 Å². The van der Waals surface area contributed by atoms with Crippen LogP contribution >= 0.6 is 0 Å². The van der Waals surface area contributed by atoms with E-state index in [1.807, 2.05) is 6.92 Å². The summed E-state index contributed by atoms with van der Waals surface area (Å²) in [5, 5.41) is 8.92. The van der Waals surface area contributed by atoms with Crippen molar-refractivity contribution in [3.05, 3.63) is 60.2 Å². The van der Waals surface area contributed by atoms with Gasteiger partial charge >= 0.3 is 0 Å². The number of anilines is 1. The lowest BCUT2D eigenvalue weighted by atomic mass is 10.2. The minimum atomic E-state index is -3.52. The van der Waals surface area contributed by atoms with Crippen LogP contribution in [0.5, 0.6) is 5.75 Å². The number of hydrogen-bond donors (Lipinski definition) is 1. The number of benzene rings is 2. The summed E-state index contributed by atoms with van der Waals surface area (Å²) in [6.45, 7) is 4.72. The number of nitrogens with one attached hydrogen (secondary N) is 1. The van der Waals surface area contributed by atoms with Crippen LogP contribution in [-0.2, 0) is 14.8 Å². The minimum Gasteiger partial charge on any atom is -0.494 e. The van der Waals surface area contributed by atoms with Gasteiger partial charge in [0.15, 0.2) is 0 Å². The van der Waals surface area contributed by atoms with Gasteiger partial charge in [0.05, 0.1) is 24.0 Å². The van der Waals surface area contributed by atoms with Crippen LogP contribution in [-0.4, -0.2) is 34.0 Å². The van der Waals surface area contributed by atoms with Crippen molar-refractivity contribution >= 4 is 27.7 Å². The fraction of sp³-hybridized carbons (Fsp3) is 0.273. The normalized spacial score (nSPS) is 11.2. The second-order valence-corrected chi connectivity index (χ2v) is 8.00. The van der Waals surface area contributed by atoms with E-state index in [1.54, 1.807) is 49.4 Å². The maximum absolute atomic E-state index is 12.7. The lowest BCUT2D eigenvalue weighted by Gasteiger charge is -2.20. The summed E-state index contributed by atoms with van der Waals surface area (Å²) >= 11 is 0. The molecule has 0 heterocycles. The van der Waals surface area contributed by atoms with Crippen molar-refractivity contribution in [3.63, 3.8) is 0 Å². The number of nitrogens with zero attached hydrogens (tertiary/aromatic N) is 2. The zero-order chi connectivity index (χ0) is 22.0. The maximum atomic E-state index is 12.7. The summed E-state index contributed by atoms with van der Waals surface area (Å²) < 4.78 is 31.8. The van der Waals surface area contributed by atoms with E-state index in [1.165, 1.54) is 23.1 Å². The van der Waals surface area contributed by atoms with E-state index >= 15 is 0 Å². The molecule has 2 aromatic carbocycles. The van der Waals surface area contributed by atoms with Gasteiger partial charge < -0.3 is 9.64 Å². The van der Waals surface area contributed by atoms with Crippen LogP contribution in [0.3, 0.4) is 0 Å². The molecule has 0 bridgehead atoms. The van der Waals surface area contributed by atoms with Gasteiger partial charge in [-0.2, -0.15) is 5.26 Å². The van der Waals surface area contributed by atoms with Crippen LogP contribution in [0.4, 0.5) is 5.69 Å². The third-order valence-corrected chi connectivity index (χ3v) is 5.68. The Balaban J connectivity index is 2.16. The maximum Gasteiger partial charge on any atom is 0.251 e. The molecule has 0 aliphatic rings. The predicted molar refractivity (Wildman–Crippen MR) is 117 cm³/mol. The molecule has 1 N–H and O–H groups in total. The fourth-order valence-corrected chi connectivity index (χ4v) is 3.75. The van der Waals surface area contributed by atoms with Crippen LogP contribution in [0.25, 0.3) is 6.08 Å². The number of hydrogen-bond acceptors (Lipinski definition) is 5. The van der Waals surface area contributed by atoms with E-state index in [0.717, 1.165) is 0 Å². The lowest BCUT2D eigenvalue weighted by Crippen LogP contribution is -2.30. The number of amides is 1. The van der Waals surface area contributed by atoms with Crippen molar-refractivity contribution in [2.24, 2.45) is 0 Å². The lowest BCUT2D eigenvalue weighted by molar-refractivity contribution is -0.114. The Bertz CT molecular complexity index is 1010. The molecule has 0 aliphatic carbocycles. The third-order valence-electron chi connectivity index (χ3n) is 4.12. The molecule has 0 radical (unpaired) electrons. The highest BCUT2D eigenvalue weighted by atomic mass is 32.2. The Labute approximate surface area is 177 Å². The molecule has 0 unspecified atom stereocenters. The summed E-state index contributed by atoms with van der Waals surface area (Å²) in [5.41, 5.74) is 1.35. The average Bonchev–Trinajstić information content (AvgIpc) is 2.74. The van der Waals surface area contributed by atoms with E-state index in [9.17, 15) is 13.2 Å². The Hall–Kier alpha value is -3.15. The standard InChI is InChI=1S/C22H25N3O4S/c1-3-24-30(27,28)21-13-6-18(7-14-21)8-15-22(26)25(17-5-16-23)19-9-11-20(12-10-19)29-4-2/h6-15,24H,3-5,17H2,1-2H3/b15-8+. The van der Waals surface area contributed by atoms with Crippen molar-refractivity contribution in [2.45, 2.75) is 25.2 Å². The fourth-order valence-electron chi connectivity index (χ4n) is 2.71. The summed E-state index contributed by atoms with van der Waals surface area (Å²) in [6.07, 6.45) is 3.21. The van der Waals surface area contributed by atoms with Gasteiger partial charge in [-0.15, -0.1) is 0 Å². The van der Waals surface area contributed by atoms with Crippen molar-refractivity contribution in [1.82, 2.24) is 4.72 Å². The second-order valence-electron chi connectivity index (χ2n) is 6.23. The molecule has 2 rings (SSSR count). The minimum absolute atomic E-state index is 0.165. The van der Waals surface area contributed by atoms with Gasteiger partial charge in [-0.25, -0.2) is 13.1 Å². The molecule has 0 saturated carbocycles. The predicted octanol–water partition coefficient (Wildman–Crippen LogP) is 3.34. The number of carbonyl (C=O) groups excluding carboxylic acids is 1. The zero-order valence-corrected chi connectivity index (χ0v) is 17.9. The van der Waals surface area contributed by atoms with Crippen LogP contribution < -0.4 is 14.4 Å². The van der Waals surface area contributed by atoms with E-state index in [4.69, 9.17) is 10.00 Å². The molecule has 8 heteroatoms. The van der Waals surface area contributed by atoms with E-state index in [2.05, 4.69) is 10.8 Å². The highest BCUT2D eigenvalue weighted by Crippen LogP contribution is 2.21. The molecule has 7 nitrogen and oxygen atoms in total. The highest BCUT2D eigenvalue weighted by molar-refractivity contribution is 7.89. The number of carbonyl (C=O) groups is 1. The molecule has 0 aromatic heterocycles. The molecule has 2 aromatic rings. The van der Waals surface area contributed by atoms with E-state index in [0.29, 0.717) is 30.2 Å². The third kappa shape index (κ3) is 6.44. The van der Waals surface area contributed by atoms with Crippen molar-refractivity contribution in [3.8, 4) is 11.8 Å². The van der Waals surface area contributed by atoms with Crippen molar-refractivity contribution in [2.75, 3.05) is 24.6 Å². The summed E-state index contributed by atoms with van der Waals surface area (Å²) in [7, 11) is -3.52. The van der Waals surface area contributed by atoms with Gasteiger partial charge in [0.2, 0.25) is 10.0 Å². The van der Waals surface area contributed by atoms with Gasteiger partial charge in [-0.3, -0.25) is 4.79 Å². The molecule has 30 heavy (non-hydrogen) atoms. The quantitative estimate of drug-likeness (QED) is 0.586. The number of ether oxygens (including phenoxy) is 1. The van der Waals surface area contributed by atoms with E-state index < -0.39 is 10.0 Å². The van der Waals surface area contributed by atoms with Crippen LogP contribution in [0.1, 0.15) is 25.8 Å². The Morgan fingerprint density at radius 2 is 1.80 bits per heavy atom.